The average molecular weight is 477 g/mol. The lowest BCUT2D eigenvalue weighted by molar-refractivity contribution is -0.138. The first-order valence-electron chi connectivity index (χ1n) is 12.6. The van der Waals surface area contributed by atoms with Gasteiger partial charge in [-0.15, -0.1) is 0 Å². The van der Waals surface area contributed by atoms with Crippen molar-refractivity contribution in [1.29, 1.82) is 0 Å². The van der Waals surface area contributed by atoms with Gasteiger partial charge >= 0.3 is 12.1 Å². The van der Waals surface area contributed by atoms with E-state index in [-0.39, 0.29) is 36.8 Å². The maximum absolute atomic E-state index is 13.1. The molecule has 2 atom stereocenters. The van der Waals surface area contributed by atoms with Gasteiger partial charge in [0.2, 0.25) is 5.91 Å². The van der Waals surface area contributed by atoms with Crippen LogP contribution in [-0.2, 0) is 14.3 Å². The molecule has 184 valence electrons. The zero-order chi connectivity index (χ0) is 24.4. The van der Waals surface area contributed by atoms with Crippen LogP contribution in [0.5, 0.6) is 0 Å². The topological polar surface area (TPSA) is 105 Å². The van der Waals surface area contributed by atoms with Crippen LogP contribution in [0.25, 0.3) is 11.1 Å². The monoisotopic (exact) mass is 476 g/mol. The fourth-order valence-electron chi connectivity index (χ4n) is 5.73. The molecule has 0 heterocycles. The van der Waals surface area contributed by atoms with Gasteiger partial charge in [0.25, 0.3) is 0 Å². The summed E-state index contributed by atoms with van der Waals surface area (Å²) in [6.07, 6.45) is 5.01. The first-order valence-corrected chi connectivity index (χ1v) is 12.6. The van der Waals surface area contributed by atoms with E-state index in [1.807, 2.05) is 24.3 Å². The van der Waals surface area contributed by atoms with Crippen LogP contribution in [0.4, 0.5) is 4.79 Å². The van der Waals surface area contributed by atoms with Gasteiger partial charge in [-0.05, 0) is 47.9 Å². The third-order valence-electron chi connectivity index (χ3n) is 7.73. The van der Waals surface area contributed by atoms with E-state index >= 15 is 0 Å². The van der Waals surface area contributed by atoms with Gasteiger partial charge in [0, 0.05) is 12.0 Å². The largest absolute Gasteiger partial charge is 0.481 e. The maximum atomic E-state index is 13.1. The molecule has 7 heteroatoms. The lowest BCUT2D eigenvalue weighted by atomic mass is 9.93. The van der Waals surface area contributed by atoms with Gasteiger partial charge < -0.3 is 20.5 Å². The van der Waals surface area contributed by atoms with E-state index in [0.717, 1.165) is 30.4 Å². The second-order valence-electron chi connectivity index (χ2n) is 10.2. The number of amides is 2. The quantitative estimate of drug-likeness (QED) is 0.507. The molecule has 35 heavy (non-hydrogen) atoms. The van der Waals surface area contributed by atoms with Crippen LogP contribution >= 0.6 is 0 Å². The fraction of sp³-hybridized carbons (Fsp3) is 0.464. The number of hydrogen-bond donors (Lipinski definition) is 3. The van der Waals surface area contributed by atoms with Crippen LogP contribution < -0.4 is 10.6 Å². The summed E-state index contributed by atoms with van der Waals surface area (Å²) < 4.78 is 5.72. The number of ether oxygens (including phenoxy) is 1. The molecular formula is C28H32N2O5. The second-order valence-corrected chi connectivity index (χ2v) is 10.2. The number of carboxylic acids is 1. The summed E-state index contributed by atoms with van der Waals surface area (Å²) >= 11 is 0. The number of aliphatic carboxylic acids is 1. The molecule has 2 amide bonds. The number of alkyl carbamates (subject to hydrolysis) is 1. The van der Waals surface area contributed by atoms with Crippen LogP contribution in [0, 0.1) is 5.92 Å². The van der Waals surface area contributed by atoms with Crippen LogP contribution in [0.3, 0.4) is 0 Å². The zero-order valence-electron chi connectivity index (χ0n) is 19.8. The minimum atomic E-state index is -0.906. The highest BCUT2D eigenvalue weighted by Gasteiger charge is 2.47. The molecular weight excluding hydrogens is 444 g/mol. The molecule has 2 aromatic carbocycles. The molecule has 0 aromatic heterocycles. The summed E-state index contributed by atoms with van der Waals surface area (Å²) in [5, 5.41) is 15.1. The van der Waals surface area contributed by atoms with Crippen molar-refractivity contribution in [3.05, 3.63) is 59.7 Å². The summed E-state index contributed by atoms with van der Waals surface area (Å²) in [7, 11) is 0. The Morgan fingerprint density at radius 2 is 1.54 bits per heavy atom. The first kappa shape index (κ1) is 23.4. The highest BCUT2D eigenvalue weighted by molar-refractivity contribution is 5.83. The van der Waals surface area contributed by atoms with Crippen molar-refractivity contribution in [2.75, 3.05) is 6.61 Å². The highest BCUT2D eigenvalue weighted by Crippen LogP contribution is 2.44. The molecule has 2 fully saturated rings. The number of fused-ring (bicyclic) bond motifs is 3. The Morgan fingerprint density at radius 1 is 0.914 bits per heavy atom. The van der Waals surface area contributed by atoms with Crippen molar-refractivity contribution >= 4 is 18.0 Å². The highest BCUT2D eigenvalue weighted by atomic mass is 16.5. The number of nitrogens with one attached hydrogen (secondary N) is 2. The van der Waals surface area contributed by atoms with E-state index in [1.165, 1.54) is 11.1 Å². The summed E-state index contributed by atoms with van der Waals surface area (Å²) in [4.78, 5) is 37.2. The minimum Gasteiger partial charge on any atom is -0.481 e. The average Bonchev–Trinajstić information content (AvgIpc) is 3.56. The molecule has 2 aromatic rings. The zero-order valence-corrected chi connectivity index (χ0v) is 19.8. The number of carbonyl (C=O) groups is 3. The standard InChI is InChI=1S/C28H32N2O5/c31-25(32)16-28(14-15-28)30-26(33)22-12-2-1-3-13-24(22)29-27(34)35-17-23-20-10-6-4-8-18(20)19-9-5-7-11-21(19)23/h4-11,22-24H,1-3,12-17H2,(H,29,34)(H,30,33)(H,31,32). The summed E-state index contributed by atoms with van der Waals surface area (Å²) in [6.45, 7) is 0.227. The van der Waals surface area contributed by atoms with Crippen molar-refractivity contribution in [1.82, 2.24) is 10.6 Å². The van der Waals surface area contributed by atoms with Gasteiger partial charge in [-0.2, -0.15) is 0 Å². The second kappa shape index (κ2) is 9.72. The van der Waals surface area contributed by atoms with Crippen molar-refractivity contribution in [3.63, 3.8) is 0 Å². The molecule has 2 unspecified atom stereocenters. The Bertz CT molecular complexity index is 1080. The van der Waals surface area contributed by atoms with Crippen molar-refractivity contribution in [2.24, 2.45) is 5.92 Å². The third kappa shape index (κ3) is 5.04. The van der Waals surface area contributed by atoms with E-state index in [9.17, 15) is 19.5 Å². The van der Waals surface area contributed by atoms with E-state index < -0.39 is 17.6 Å². The smallest absolute Gasteiger partial charge is 0.407 e. The molecule has 3 aliphatic carbocycles. The lowest BCUT2D eigenvalue weighted by Crippen LogP contribution is -2.50. The van der Waals surface area contributed by atoms with Gasteiger partial charge in [0.1, 0.15) is 6.61 Å². The molecule has 0 spiro atoms. The SMILES string of the molecule is O=C(O)CC1(NC(=O)C2CCCCCC2NC(=O)OCC2c3ccccc3-c3ccccc32)CC1. The molecule has 0 saturated heterocycles. The van der Waals surface area contributed by atoms with Crippen molar-refractivity contribution in [2.45, 2.75) is 68.9 Å². The molecule has 5 rings (SSSR count). The molecule has 3 aliphatic rings. The summed E-state index contributed by atoms with van der Waals surface area (Å²) in [6, 6.07) is 16.1. The van der Waals surface area contributed by atoms with Gasteiger partial charge in [0.05, 0.1) is 17.9 Å². The van der Waals surface area contributed by atoms with Gasteiger partial charge in [-0.3, -0.25) is 9.59 Å². The Labute approximate surface area is 205 Å². The van der Waals surface area contributed by atoms with Gasteiger partial charge in [-0.1, -0.05) is 67.8 Å². The van der Waals surface area contributed by atoms with E-state index in [0.29, 0.717) is 25.7 Å². The Kier molecular flexibility index (Phi) is 6.50. The number of hydrogen-bond acceptors (Lipinski definition) is 4. The predicted octanol–water partition coefficient (Wildman–Crippen LogP) is 4.60. The minimum absolute atomic E-state index is 0.0212. The Hall–Kier alpha value is -3.35. The summed E-state index contributed by atoms with van der Waals surface area (Å²) in [5.74, 6) is -1.47. The van der Waals surface area contributed by atoms with E-state index in [2.05, 4.69) is 34.9 Å². The maximum Gasteiger partial charge on any atom is 0.407 e. The lowest BCUT2D eigenvalue weighted by Gasteiger charge is -2.27. The van der Waals surface area contributed by atoms with Crippen molar-refractivity contribution in [3.8, 4) is 11.1 Å². The molecule has 0 radical (unpaired) electrons. The van der Waals surface area contributed by atoms with Crippen molar-refractivity contribution < 1.29 is 24.2 Å². The molecule has 2 saturated carbocycles. The van der Waals surface area contributed by atoms with Crippen LogP contribution in [-0.4, -0.2) is 41.3 Å². The number of benzene rings is 2. The fourth-order valence-corrected chi connectivity index (χ4v) is 5.73. The van der Waals surface area contributed by atoms with Gasteiger partial charge in [0.15, 0.2) is 0 Å². The molecule has 0 aliphatic heterocycles. The van der Waals surface area contributed by atoms with E-state index in [1.54, 1.807) is 0 Å². The molecule has 3 N–H and O–H groups in total. The Balaban J connectivity index is 1.23. The predicted molar refractivity (Wildman–Crippen MR) is 131 cm³/mol. The molecule has 0 bridgehead atoms. The number of carbonyl (C=O) groups excluding carboxylic acids is 2. The van der Waals surface area contributed by atoms with Gasteiger partial charge in [-0.25, -0.2) is 4.79 Å². The number of rotatable bonds is 7. The normalized spacial score (nSPS) is 22.3. The molecule has 7 nitrogen and oxygen atoms in total. The Morgan fingerprint density at radius 3 is 2.17 bits per heavy atom. The number of carboxylic acid groups (broad SMARTS) is 1. The summed E-state index contributed by atoms with van der Waals surface area (Å²) in [5.41, 5.74) is 4.03. The van der Waals surface area contributed by atoms with Crippen LogP contribution in [0.15, 0.2) is 48.5 Å². The first-order chi connectivity index (χ1) is 17.0. The van der Waals surface area contributed by atoms with Crippen LogP contribution in [0.1, 0.15) is 68.4 Å². The third-order valence-corrected chi connectivity index (χ3v) is 7.73. The van der Waals surface area contributed by atoms with E-state index in [4.69, 9.17) is 4.74 Å². The van der Waals surface area contributed by atoms with Crippen LogP contribution in [0.2, 0.25) is 0 Å².